The molecule has 0 unspecified atom stereocenters. The summed E-state index contributed by atoms with van der Waals surface area (Å²) in [6, 6.07) is 11.7. The van der Waals surface area contributed by atoms with Crippen LogP contribution in [0.15, 0.2) is 52.5 Å². The number of benzene rings is 1. The highest BCUT2D eigenvalue weighted by Gasteiger charge is 2.18. The van der Waals surface area contributed by atoms with Crippen molar-refractivity contribution in [3.63, 3.8) is 0 Å². The van der Waals surface area contributed by atoms with Crippen LogP contribution in [0, 0.1) is 5.92 Å². The van der Waals surface area contributed by atoms with E-state index in [1.54, 1.807) is 24.0 Å². The lowest BCUT2D eigenvalue weighted by atomic mass is 9.88. The molecule has 1 saturated carbocycles. The number of ether oxygens (including phenoxy) is 1. The van der Waals surface area contributed by atoms with Gasteiger partial charge in [-0.1, -0.05) is 6.92 Å². The first kappa shape index (κ1) is 18.7. The predicted molar refractivity (Wildman–Crippen MR) is 105 cm³/mol. The molecule has 26 heavy (non-hydrogen) atoms. The molecule has 0 spiro atoms. The Bertz CT molecular complexity index is 741. The average Bonchev–Trinajstić information content (AvgIpc) is 2.68. The quantitative estimate of drug-likeness (QED) is 0.339. The normalized spacial score (nSPS) is 20.7. The van der Waals surface area contributed by atoms with E-state index < -0.39 is 0 Å². The van der Waals surface area contributed by atoms with Crippen molar-refractivity contribution in [2.45, 2.75) is 43.5 Å². The minimum atomic E-state index is 0.248. The molecule has 1 aromatic heterocycles. The summed E-state index contributed by atoms with van der Waals surface area (Å²) in [6.45, 7) is 2.28. The molecular weight excluding hydrogens is 346 g/mol. The van der Waals surface area contributed by atoms with Gasteiger partial charge in [-0.15, -0.1) is 11.8 Å². The molecule has 138 valence electrons. The molecule has 1 fully saturated rings. The summed E-state index contributed by atoms with van der Waals surface area (Å²) in [5.74, 6) is 2.43. The van der Waals surface area contributed by atoms with Crippen LogP contribution in [0.5, 0.6) is 11.6 Å². The maximum Gasteiger partial charge on any atom is 0.219 e. The van der Waals surface area contributed by atoms with Gasteiger partial charge >= 0.3 is 0 Å². The van der Waals surface area contributed by atoms with Gasteiger partial charge in [-0.3, -0.25) is 15.7 Å². The second kappa shape index (κ2) is 9.05. The van der Waals surface area contributed by atoms with E-state index in [0.717, 1.165) is 30.1 Å². The van der Waals surface area contributed by atoms with Crippen LogP contribution in [0.4, 0.5) is 0 Å². The highest BCUT2D eigenvalue weighted by molar-refractivity contribution is 7.98. The third-order valence-electron chi connectivity index (χ3n) is 4.69. The monoisotopic (exact) mass is 371 g/mol. The molecule has 0 saturated heterocycles. The third-order valence-corrected chi connectivity index (χ3v) is 5.44. The van der Waals surface area contributed by atoms with Crippen LogP contribution in [-0.2, 0) is 0 Å². The molecule has 2 aromatic rings. The summed E-state index contributed by atoms with van der Waals surface area (Å²) in [4.78, 5) is 10.1. The number of rotatable bonds is 5. The Morgan fingerprint density at radius 2 is 1.92 bits per heavy atom. The van der Waals surface area contributed by atoms with Crippen LogP contribution in [0.25, 0.3) is 0 Å². The number of pyridine rings is 1. The smallest absolute Gasteiger partial charge is 0.219 e. The van der Waals surface area contributed by atoms with Crippen molar-refractivity contribution in [2.24, 2.45) is 10.9 Å². The maximum absolute atomic E-state index is 9.56. The zero-order valence-electron chi connectivity index (χ0n) is 15.2. The van der Waals surface area contributed by atoms with Gasteiger partial charge in [0.05, 0.1) is 6.04 Å². The first-order chi connectivity index (χ1) is 12.7. The van der Waals surface area contributed by atoms with E-state index in [4.69, 9.17) is 9.73 Å². The van der Waals surface area contributed by atoms with E-state index in [1.165, 1.54) is 17.7 Å². The van der Waals surface area contributed by atoms with Gasteiger partial charge in [-0.05, 0) is 68.2 Å². The van der Waals surface area contributed by atoms with E-state index in [0.29, 0.717) is 11.7 Å². The summed E-state index contributed by atoms with van der Waals surface area (Å²) in [7, 11) is 0. The van der Waals surface area contributed by atoms with Crippen LogP contribution >= 0.6 is 11.8 Å². The second-order valence-electron chi connectivity index (χ2n) is 6.66. The minimum Gasteiger partial charge on any atom is -0.439 e. The van der Waals surface area contributed by atoms with Gasteiger partial charge in [-0.25, -0.2) is 4.98 Å². The molecule has 3 rings (SSSR count). The minimum absolute atomic E-state index is 0.248. The molecule has 2 N–H and O–H groups in total. The lowest BCUT2D eigenvalue weighted by Crippen LogP contribution is -2.25. The number of thioether (sulfide) groups is 1. The first-order valence-electron chi connectivity index (χ1n) is 8.94. The number of aliphatic imine (C=N–C) groups is 1. The zero-order chi connectivity index (χ0) is 18.4. The number of hydroxylamine groups is 1. The molecule has 0 atom stereocenters. The summed E-state index contributed by atoms with van der Waals surface area (Å²) < 4.78 is 5.83. The average molecular weight is 372 g/mol. The van der Waals surface area contributed by atoms with Crippen molar-refractivity contribution >= 4 is 17.6 Å². The van der Waals surface area contributed by atoms with Gasteiger partial charge in [0.2, 0.25) is 5.88 Å². The van der Waals surface area contributed by atoms with Gasteiger partial charge in [0.1, 0.15) is 5.75 Å². The number of amidine groups is 1. The van der Waals surface area contributed by atoms with E-state index >= 15 is 0 Å². The SMILES string of the molecule is CSc1ccc(Oc2cc(C(=NC3CCC(C)CC3)NO)ccn2)cc1. The third kappa shape index (κ3) is 4.99. The van der Waals surface area contributed by atoms with Crippen LogP contribution in [0.2, 0.25) is 0 Å². The summed E-state index contributed by atoms with van der Waals surface area (Å²) in [6.07, 6.45) is 8.19. The topological polar surface area (TPSA) is 66.7 Å². The molecule has 1 aliphatic rings. The Hall–Kier alpha value is -2.05. The standard InChI is InChI=1S/C20H25N3O2S/c1-14-3-5-16(6-4-14)22-20(23-24)15-11-12-21-19(13-15)25-17-7-9-18(26-2)10-8-17/h7-14,16,24H,3-6H2,1-2H3,(H,22,23). The zero-order valence-corrected chi connectivity index (χ0v) is 16.0. The molecule has 6 heteroatoms. The number of nitrogens with zero attached hydrogens (tertiary/aromatic N) is 2. The van der Waals surface area contributed by atoms with Crippen molar-refractivity contribution in [2.75, 3.05) is 6.26 Å². The van der Waals surface area contributed by atoms with E-state index in [1.807, 2.05) is 36.6 Å². The summed E-state index contributed by atoms with van der Waals surface area (Å²) in [5.41, 5.74) is 3.01. The fraction of sp³-hybridized carbons (Fsp3) is 0.400. The molecule has 0 radical (unpaired) electrons. The van der Waals surface area contributed by atoms with Crippen molar-refractivity contribution in [1.29, 1.82) is 0 Å². The lowest BCUT2D eigenvalue weighted by molar-refractivity contribution is 0.233. The van der Waals surface area contributed by atoms with Crippen molar-refractivity contribution in [3.05, 3.63) is 48.2 Å². The van der Waals surface area contributed by atoms with Gasteiger partial charge in [0.15, 0.2) is 5.84 Å². The van der Waals surface area contributed by atoms with Gasteiger partial charge in [-0.2, -0.15) is 0 Å². The molecular formula is C20H25N3O2S. The predicted octanol–water partition coefficient (Wildman–Crippen LogP) is 4.90. The molecule has 0 aliphatic heterocycles. The Labute approximate surface area is 158 Å². The van der Waals surface area contributed by atoms with E-state index in [-0.39, 0.29) is 6.04 Å². The van der Waals surface area contributed by atoms with Crippen molar-refractivity contribution in [3.8, 4) is 11.6 Å². The maximum atomic E-state index is 9.56. The first-order valence-corrected chi connectivity index (χ1v) is 10.2. The number of aromatic nitrogens is 1. The Kier molecular flexibility index (Phi) is 6.52. The van der Waals surface area contributed by atoms with Gasteiger partial charge in [0.25, 0.3) is 0 Å². The molecule has 0 bridgehead atoms. The Balaban J connectivity index is 1.74. The molecule has 1 aliphatic carbocycles. The largest absolute Gasteiger partial charge is 0.439 e. The highest BCUT2D eigenvalue weighted by atomic mass is 32.2. The summed E-state index contributed by atoms with van der Waals surface area (Å²) >= 11 is 1.69. The molecule has 1 heterocycles. The number of nitrogens with one attached hydrogen (secondary N) is 1. The van der Waals surface area contributed by atoms with Crippen molar-refractivity contribution < 1.29 is 9.94 Å². The van der Waals surface area contributed by atoms with Gasteiger partial charge in [0, 0.05) is 22.7 Å². The van der Waals surface area contributed by atoms with Crippen LogP contribution in [-0.4, -0.2) is 28.3 Å². The molecule has 0 amide bonds. The Morgan fingerprint density at radius 1 is 1.19 bits per heavy atom. The Morgan fingerprint density at radius 3 is 2.58 bits per heavy atom. The fourth-order valence-corrected chi connectivity index (χ4v) is 3.51. The van der Waals surface area contributed by atoms with Crippen LogP contribution in [0.1, 0.15) is 38.2 Å². The molecule has 1 aromatic carbocycles. The fourth-order valence-electron chi connectivity index (χ4n) is 3.10. The van der Waals surface area contributed by atoms with Crippen LogP contribution < -0.4 is 10.2 Å². The number of hydrogen-bond acceptors (Lipinski definition) is 5. The highest BCUT2D eigenvalue weighted by Crippen LogP contribution is 2.27. The van der Waals surface area contributed by atoms with Gasteiger partial charge < -0.3 is 4.74 Å². The van der Waals surface area contributed by atoms with E-state index in [2.05, 4.69) is 17.4 Å². The van der Waals surface area contributed by atoms with Crippen LogP contribution in [0.3, 0.4) is 0 Å². The second-order valence-corrected chi connectivity index (χ2v) is 7.54. The van der Waals surface area contributed by atoms with Crippen molar-refractivity contribution in [1.82, 2.24) is 10.5 Å². The lowest BCUT2D eigenvalue weighted by Gasteiger charge is -2.24. The summed E-state index contributed by atoms with van der Waals surface area (Å²) in [5, 5.41) is 9.56. The molecule has 5 nitrogen and oxygen atoms in total. The van der Waals surface area contributed by atoms with E-state index in [9.17, 15) is 5.21 Å². The number of hydrogen-bond donors (Lipinski definition) is 2.